The molecule has 0 aromatic carbocycles. The van der Waals surface area contributed by atoms with Crippen molar-refractivity contribution in [3.05, 3.63) is 12.4 Å². The number of hydrogen-bond donors (Lipinski definition) is 3. The number of aromatic nitrogens is 2. The Balaban J connectivity index is 2.71. The van der Waals surface area contributed by atoms with Crippen LogP contribution in [0.15, 0.2) is 12.4 Å². The average Bonchev–Trinajstić information content (AvgIpc) is 2.17. The molecule has 15 heavy (non-hydrogen) atoms. The van der Waals surface area contributed by atoms with Crippen molar-refractivity contribution in [3.63, 3.8) is 0 Å². The number of anilines is 2. The zero-order valence-corrected chi connectivity index (χ0v) is 9.24. The zero-order chi connectivity index (χ0) is 11.3. The summed E-state index contributed by atoms with van der Waals surface area (Å²) in [5.41, 5.74) is 2.28. The molecule has 1 aromatic rings. The Hall–Kier alpha value is -1.40. The first kappa shape index (κ1) is 11.7. The van der Waals surface area contributed by atoms with Crippen molar-refractivity contribution in [2.75, 3.05) is 24.5 Å². The first-order chi connectivity index (χ1) is 7.07. The Labute approximate surface area is 89.2 Å². The molecule has 0 atom stereocenters. The minimum Gasteiger partial charge on any atom is -0.382 e. The van der Waals surface area contributed by atoms with Gasteiger partial charge in [0.25, 0.3) is 0 Å². The third-order valence-electron chi connectivity index (χ3n) is 1.79. The second-order valence-corrected chi connectivity index (χ2v) is 3.87. The van der Waals surface area contributed by atoms with E-state index in [1.165, 1.54) is 6.33 Å². The predicted molar refractivity (Wildman–Crippen MR) is 59.4 cm³/mol. The number of nitrogens with two attached hydrogens (primary N) is 1. The number of methoxy groups -OCH3 is 1. The number of ether oxygens (including phenoxy) is 1. The number of rotatable bonds is 5. The lowest BCUT2D eigenvalue weighted by atomic mass is 10.1. The van der Waals surface area contributed by atoms with E-state index in [4.69, 9.17) is 10.6 Å². The highest BCUT2D eigenvalue weighted by molar-refractivity contribution is 5.46. The summed E-state index contributed by atoms with van der Waals surface area (Å²) in [5.74, 6) is 6.53. The average molecular weight is 211 g/mol. The highest BCUT2D eigenvalue weighted by Crippen LogP contribution is 2.14. The van der Waals surface area contributed by atoms with Crippen molar-refractivity contribution < 1.29 is 4.74 Å². The molecule has 0 amide bonds. The van der Waals surface area contributed by atoms with Crippen LogP contribution in [0.5, 0.6) is 0 Å². The van der Waals surface area contributed by atoms with E-state index in [1.807, 2.05) is 13.8 Å². The first-order valence-electron chi connectivity index (χ1n) is 4.63. The SMILES string of the molecule is COCC(C)(C)Nc1cc(NN)ncn1. The van der Waals surface area contributed by atoms with E-state index in [9.17, 15) is 0 Å². The van der Waals surface area contributed by atoms with Crippen LogP contribution in [0.4, 0.5) is 11.6 Å². The van der Waals surface area contributed by atoms with Gasteiger partial charge in [-0.15, -0.1) is 0 Å². The summed E-state index contributed by atoms with van der Waals surface area (Å²) in [6.45, 7) is 4.63. The summed E-state index contributed by atoms with van der Waals surface area (Å²) in [6.07, 6.45) is 1.44. The molecule has 0 aliphatic carbocycles. The van der Waals surface area contributed by atoms with Gasteiger partial charge in [-0.25, -0.2) is 15.8 Å². The minimum absolute atomic E-state index is 0.186. The van der Waals surface area contributed by atoms with Crippen LogP contribution >= 0.6 is 0 Å². The van der Waals surface area contributed by atoms with Crippen molar-refractivity contribution in [1.82, 2.24) is 9.97 Å². The van der Waals surface area contributed by atoms with Gasteiger partial charge < -0.3 is 15.5 Å². The van der Waals surface area contributed by atoms with Crippen LogP contribution in [0, 0.1) is 0 Å². The maximum Gasteiger partial charge on any atom is 0.145 e. The van der Waals surface area contributed by atoms with E-state index < -0.39 is 0 Å². The Morgan fingerprint density at radius 1 is 1.40 bits per heavy atom. The van der Waals surface area contributed by atoms with Crippen LogP contribution in [-0.4, -0.2) is 29.2 Å². The molecule has 6 heteroatoms. The van der Waals surface area contributed by atoms with Gasteiger partial charge in [-0.05, 0) is 13.8 Å². The highest BCUT2D eigenvalue weighted by Gasteiger charge is 2.17. The molecule has 4 N–H and O–H groups in total. The van der Waals surface area contributed by atoms with Gasteiger partial charge in [0.15, 0.2) is 0 Å². The highest BCUT2D eigenvalue weighted by atomic mass is 16.5. The van der Waals surface area contributed by atoms with Crippen molar-refractivity contribution >= 4 is 11.6 Å². The maximum absolute atomic E-state index is 5.25. The van der Waals surface area contributed by atoms with E-state index in [0.717, 1.165) is 0 Å². The molecule has 6 nitrogen and oxygen atoms in total. The second-order valence-electron chi connectivity index (χ2n) is 3.87. The lowest BCUT2D eigenvalue weighted by molar-refractivity contribution is 0.158. The van der Waals surface area contributed by atoms with E-state index >= 15 is 0 Å². The molecule has 0 saturated heterocycles. The molecule has 1 aromatic heterocycles. The molecular weight excluding hydrogens is 194 g/mol. The molecular formula is C9H17N5O. The van der Waals surface area contributed by atoms with Gasteiger partial charge in [-0.2, -0.15) is 0 Å². The lowest BCUT2D eigenvalue weighted by Crippen LogP contribution is -2.36. The Morgan fingerprint density at radius 3 is 2.67 bits per heavy atom. The molecule has 0 radical (unpaired) electrons. The summed E-state index contributed by atoms with van der Waals surface area (Å²) in [7, 11) is 1.66. The Bertz CT molecular complexity index is 315. The second kappa shape index (κ2) is 4.90. The van der Waals surface area contributed by atoms with Crippen LogP contribution in [0.25, 0.3) is 0 Å². The Kier molecular flexibility index (Phi) is 3.81. The third-order valence-corrected chi connectivity index (χ3v) is 1.79. The topological polar surface area (TPSA) is 85.1 Å². The van der Waals surface area contributed by atoms with Gasteiger partial charge in [-0.1, -0.05) is 0 Å². The van der Waals surface area contributed by atoms with Crippen molar-refractivity contribution in [2.45, 2.75) is 19.4 Å². The molecule has 0 aliphatic heterocycles. The van der Waals surface area contributed by atoms with Gasteiger partial charge in [0.05, 0.1) is 12.1 Å². The van der Waals surface area contributed by atoms with E-state index in [2.05, 4.69) is 20.7 Å². The number of nitrogens with zero attached hydrogens (tertiary/aromatic N) is 2. The summed E-state index contributed by atoms with van der Waals surface area (Å²) in [6, 6.07) is 1.73. The van der Waals surface area contributed by atoms with Crippen LogP contribution < -0.4 is 16.6 Å². The normalized spacial score (nSPS) is 11.2. The third kappa shape index (κ3) is 3.69. The molecule has 0 saturated carbocycles. The van der Waals surface area contributed by atoms with Gasteiger partial charge in [0, 0.05) is 13.2 Å². The molecule has 84 valence electrons. The summed E-state index contributed by atoms with van der Waals surface area (Å²) in [5, 5.41) is 3.22. The quantitative estimate of drug-likeness (QED) is 0.488. The van der Waals surface area contributed by atoms with Crippen LogP contribution in [0.1, 0.15) is 13.8 Å². The largest absolute Gasteiger partial charge is 0.382 e. The fourth-order valence-electron chi connectivity index (χ4n) is 1.25. The molecule has 0 spiro atoms. The van der Waals surface area contributed by atoms with Crippen molar-refractivity contribution in [2.24, 2.45) is 5.84 Å². The minimum atomic E-state index is -0.186. The van der Waals surface area contributed by atoms with E-state index in [1.54, 1.807) is 13.2 Å². The number of nitrogen functional groups attached to an aromatic ring is 1. The molecule has 1 heterocycles. The standard InChI is InChI=1S/C9H17N5O/c1-9(2,5-15-3)13-7-4-8(14-10)12-6-11-7/h4,6H,5,10H2,1-3H3,(H2,11,12,13,14). The summed E-state index contributed by atoms with van der Waals surface area (Å²) < 4.78 is 5.09. The number of hydrazine groups is 1. The van der Waals surface area contributed by atoms with Crippen molar-refractivity contribution in [1.29, 1.82) is 0 Å². The smallest absolute Gasteiger partial charge is 0.145 e. The van der Waals surface area contributed by atoms with Crippen LogP contribution in [0.2, 0.25) is 0 Å². The molecule has 0 fully saturated rings. The predicted octanol–water partition coefficient (Wildman–Crippen LogP) is 0.599. The number of nitrogens with one attached hydrogen (secondary N) is 2. The van der Waals surface area contributed by atoms with Crippen LogP contribution in [-0.2, 0) is 4.74 Å². The lowest BCUT2D eigenvalue weighted by Gasteiger charge is -2.25. The summed E-state index contributed by atoms with van der Waals surface area (Å²) in [4.78, 5) is 8.00. The van der Waals surface area contributed by atoms with Gasteiger partial charge >= 0.3 is 0 Å². The van der Waals surface area contributed by atoms with Gasteiger partial charge in [0.2, 0.25) is 0 Å². The number of hydrogen-bond acceptors (Lipinski definition) is 6. The fourth-order valence-corrected chi connectivity index (χ4v) is 1.25. The molecule has 1 rings (SSSR count). The fraction of sp³-hybridized carbons (Fsp3) is 0.556. The summed E-state index contributed by atoms with van der Waals surface area (Å²) >= 11 is 0. The zero-order valence-electron chi connectivity index (χ0n) is 9.24. The van der Waals surface area contributed by atoms with Gasteiger partial charge in [0.1, 0.15) is 18.0 Å². The molecule has 0 bridgehead atoms. The van der Waals surface area contributed by atoms with Gasteiger partial charge in [-0.3, -0.25) is 0 Å². The molecule has 0 unspecified atom stereocenters. The molecule has 0 aliphatic rings. The van der Waals surface area contributed by atoms with E-state index in [-0.39, 0.29) is 5.54 Å². The van der Waals surface area contributed by atoms with E-state index in [0.29, 0.717) is 18.2 Å². The van der Waals surface area contributed by atoms with Crippen LogP contribution in [0.3, 0.4) is 0 Å². The Morgan fingerprint density at radius 2 is 2.07 bits per heavy atom. The van der Waals surface area contributed by atoms with Crippen molar-refractivity contribution in [3.8, 4) is 0 Å². The first-order valence-corrected chi connectivity index (χ1v) is 4.63. The monoisotopic (exact) mass is 211 g/mol. The maximum atomic E-state index is 5.25.